The average molecular weight is 300 g/mol. The molecule has 0 saturated carbocycles. The van der Waals surface area contributed by atoms with Crippen molar-refractivity contribution in [2.45, 2.75) is 18.6 Å². The van der Waals surface area contributed by atoms with Crippen LogP contribution in [0.5, 0.6) is 0 Å². The van der Waals surface area contributed by atoms with Crippen LogP contribution in [0.2, 0.25) is 0 Å². The summed E-state index contributed by atoms with van der Waals surface area (Å²) >= 11 is 1.26. The van der Waals surface area contributed by atoms with Gasteiger partial charge in [0.15, 0.2) is 0 Å². The smallest absolute Gasteiger partial charge is 0.329 e. The lowest BCUT2D eigenvalue weighted by molar-refractivity contribution is -0.148. The number of rotatable bonds is 5. The molecule has 1 aromatic rings. The standard InChI is InChI=1S/C12H16N2O5S/c13-7-2-4-20-11(7)12(17)14-8-1-3-18-5-9(8)19-6-10(15)16/h2,4,8-9H,1,3,5-6,13H2,(H,14,17)(H,15,16)/t8-,9-/m1/s1. The summed E-state index contributed by atoms with van der Waals surface area (Å²) in [5.74, 6) is -1.32. The number of anilines is 1. The van der Waals surface area contributed by atoms with Crippen LogP contribution in [-0.2, 0) is 14.3 Å². The van der Waals surface area contributed by atoms with Crippen LogP contribution in [-0.4, -0.2) is 48.9 Å². The van der Waals surface area contributed by atoms with Crippen molar-refractivity contribution in [3.8, 4) is 0 Å². The lowest BCUT2D eigenvalue weighted by atomic mass is 10.1. The van der Waals surface area contributed by atoms with E-state index in [-0.39, 0.29) is 18.6 Å². The molecular formula is C12H16N2O5S. The third-order valence-electron chi connectivity index (χ3n) is 2.94. The number of nitrogen functional groups attached to an aromatic ring is 1. The highest BCUT2D eigenvalue weighted by molar-refractivity contribution is 7.12. The summed E-state index contributed by atoms with van der Waals surface area (Å²) in [5.41, 5.74) is 6.13. The van der Waals surface area contributed by atoms with Crippen LogP contribution in [0, 0.1) is 0 Å². The normalized spacial score (nSPS) is 22.4. The quantitative estimate of drug-likeness (QED) is 0.722. The second kappa shape index (κ2) is 6.69. The van der Waals surface area contributed by atoms with Gasteiger partial charge in [0.05, 0.1) is 18.3 Å². The van der Waals surface area contributed by atoms with Crippen LogP contribution >= 0.6 is 11.3 Å². The van der Waals surface area contributed by atoms with Crippen LogP contribution < -0.4 is 11.1 Å². The molecule has 1 amide bonds. The van der Waals surface area contributed by atoms with Crippen molar-refractivity contribution in [3.05, 3.63) is 16.3 Å². The lowest BCUT2D eigenvalue weighted by Gasteiger charge is -2.31. The van der Waals surface area contributed by atoms with Crippen molar-refractivity contribution in [1.82, 2.24) is 5.32 Å². The molecule has 20 heavy (non-hydrogen) atoms. The van der Waals surface area contributed by atoms with E-state index in [2.05, 4.69) is 5.32 Å². The zero-order chi connectivity index (χ0) is 14.5. The number of nitrogens with two attached hydrogens (primary N) is 1. The van der Waals surface area contributed by atoms with E-state index >= 15 is 0 Å². The lowest BCUT2D eigenvalue weighted by Crippen LogP contribution is -2.50. The summed E-state index contributed by atoms with van der Waals surface area (Å²) in [6.45, 7) is 0.345. The Kier molecular flexibility index (Phi) is 4.94. The number of thiophene rings is 1. The van der Waals surface area contributed by atoms with Crippen LogP contribution in [0.15, 0.2) is 11.4 Å². The van der Waals surface area contributed by atoms with Crippen molar-refractivity contribution in [1.29, 1.82) is 0 Å². The molecule has 1 aromatic heterocycles. The van der Waals surface area contributed by atoms with Crippen molar-refractivity contribution in [3.63, 3.8) is 0 Å². The monoisotopic (exact) mass is 300 g/mol. The molecule has 2 heterocycles. The number of carboxylic acid groups (broad SMARTS) is 1. The fourth-order valence-corrected chi connectivity index (χ4v) is 2.68. The number of carboxylic acids is 1. The van der Waals surface area contributed by atoms with Crippen LogP contribution in [0.25, 0.3) is 0 Å². The van der Waals surface area contributed by atoms with Crippen LogP contribution in [0.3, 0.4) is 0 Å². The maximum atomic E-state index is 12.1. The first-order valence-electron chi connectivity index (χ1n) is 6.13. The van der Waals surface area contributed by atoms with E-state index in [0.717, 1.165) is 0 Å². The van der Waals surface area contributed by atoms with Crippen molar-refractivity contribution in [2.75, 3.05) is 25.6 Å². The van der Waals surface area contributed by atoms with Gasteiger partial charge in [0.2, 0.25) is 0 Å². The van der Waals surface area contributed by atoms with Crippen LogP contribution in [0.4, 0.5) is 5.69 Å². The van der Waals surface area contributed by atoms with Gasteiger partial charge in [-0.15, -0.1) is 11.3 Å². The maximum Gasteiger partial charge on any atom is 0.329 e. The highest BCUT2D eigenvalue weighted by Crippen LogP contribution is 2.20. The molecule has 1 aliphatic heterocycles. The molecule has 2 atom stereocenters. The molecule has 8 heteroatoms. The molecule has 1 aliphatic rings. The first kappa shape index (κ1) is 14.8. The Morgan fingerprint density at radius 1 is 1.60 bits per heavy atom. The van der Waals surface area contributed by atoms with Gasteiger partial charge in [-0.1, -0.05) is 0 Å². The number of ether oxygens (including phenoxy) is 2. The third kappa shape index (κ3) is 3.69. The minimum atomic E-state index is -1.05. The Hall–Kier alpha value is -1.64. The Morgan fingerprint density at radius 3 is 3.05 bits per heavy atom. The molecule has 0 aliphatic carbocycles. The first-order chi connectivity index (χ1) is 9.58. The Labute approximate surface area is 119 Å². The number of hydrogen-bond acceptors (Lipinski definition) is 6. The molecule has 0 unspecified atom stereocenters. The van der Waals surface area contributed by atoms with E-state index in [1.807, 2.05) is 0 Å². The third-order valence-corrected chi connectivity index (χ3v) is 3.87. The molecular weight excluding hydrogens is 284 g/mol. The van der Waals surface area contributed by atoms with Gasteiger partial charge < -0.3 is 25.6 Å². The molecule has 1 saturated heterocycles. The van der Waals surface area contributed by atoms with Gasteiger partial charge >= 0.3 is 5.97 Å². The molecule has 7 nitrogen and oxygen atoms in total. The number of nitrogens with one attached hydrogen (secondary N) is 1. The summed E-state index contributed by atoms with van der Waals surface area (Å²) < 4.78 is 10.5. The van der Waals surface area contributed by atoms with E-state index in [1.54, 1.807) is 11.4 Å². The molecule has 1 fully saturated rings. The number of hydrogen-bond donors (Lipinski definition) is 3. The molecule has 0 spiro atoms. The van der Waals surface area contributed by atoms with E-state index < -0.39 is 18.7 Å². The molecule has 0 radical (unpaired) electrons. The SMILES string of the molecule is Nc1ccsc1C(=O)N[C@@H]1CCOC[C@H]1OCC(=O)O. The Bertz CT molecular complexity index is 490. The molecule has 0 bridgehead atoms. The molecule has 4 N–H and O–H groups in total. The maximum absolute atomic E-state index is 12.1. The number of amides is 1. The topological polar surface area (TPSA) is 111 Å². The fraction of sp³-hybridized carbons (Fsp3) is 0.500. The van der Waals surface area contributed by atoms with Gasteiger partial charge in [0.1, 0.15) is 17.6 Å². The number of aliphatic carboxylic acids is 1. The number of carbonyl (C=O) groups excluding carboxylic acids is 1. The molecule has 2 rings (SSSR count). The van der Waals surface area contributed by atoms with Crippen molar-refractivity contribution < 1.29 is 24.2 Å². The van der Waals surface area contributed by atoms with Gasteiger partial charge in [0.25, 0.3) is 5.91 Å². The van der Waals surface area contributed by atoms with Crippen molar-refractivity contribution in [2.24, 2.45) is 0 Å². The predicted octanol–water partition coefficient (Wildman–Crippen LogP) is 0.319. The van der Waals surface area contributed by atoms with E-state index in [4.69, 9.17) is 20.3 Å². The molecule has 110 valence electrons. The van der Waals surface area contributed by atoms with Crippen molar-refractivity contribution >= 4 is 28.9 Å². The summed E-state index contributed by atoms with van der Waals surface area (Å²) in [6.07, 6.45) is 0.103. The zero-order valence-corrected chi connectivity index (χ0v) is 11.5. The minimum Gasteiger partial charge on any atom is -0.480 e. The van der Waals surface area contributed by atoms with Gasteiger partial charge in [-0.2, -0.15) is 0 Å². The summed E-state index contributed by atoms with van der Waals surface area (Å²) in [7, 11) is 0. The van der Waals surface area contributed by atoms with Gasteiger partial charge in [-0.25, -0.2) is 4.79 Å². The second-order valence-corrected chi connectivity index (χ2v) is 5.31. The largest absolute Gasteiger partial charge is 0.480 e. The number of carbonyl (C=O) groups is 2. The van der Waals surface area contributed by atoms with E-state index in [9.17, 15) is 9.59 Å². The van der Waals surface area contributed by atoms with Gasteiger partial charge in [-0.3, -0.25) is 4.79 Å². The highest BCUT2D eigenvalue weighted by Gasteiger charge is 2.29. The van der Waals surface area contributed by atoms with Crippen LogP contribution in [0.1, 0.15) is 16.1 Å². The molecule has 0 aromatic carbocycles. The average Bonchev–Trinajstić information content (AvgIpc) is 2.84. The van der Waals surface area contributed by atoms with Gasteiger partial charge in [-0.05, 0) is 17.9 Å². The summed E-state index contributed by atoms with van der Waals surface area (Å²) in [5, 5.41) is 13.2. The minimum absolute atomic E-state index is 0.262. The van der Waals surface area contributed by atoms with E-state index in [1.165, 1.54) is 11.3 Å². The predicted molar refractivity (Wildman–Crippen MR) is 72.8 cm³/mol. The Morgan fingerprint density at radius 2 is 2.40 bits per heavy atom. The highest BCUT2D eigenvalue weighted by atomic mass is 32.1. The second-order valence-electron chi connectivity index (χ2n) is 4.39. The van der Waals surface area contributed by atoms with Gasteiger partial charge in [0, 0.05) is 6.61 Å². The first-order valence-corrected chi connectivity index (χ1v) is 7.01. The van der Waals surface area contributed by atoms with E-state index in [0.29, 0.717) is 23.6 Å². The fourth-order valence-electron chi connectivity index (χ4n) is 1.96. The zero-order valence-electron chi connectivity index (χ0n) is 10.7. The summed E-state index contributed by atoms with van der Waals surface area (Å²) in [4.78, 5) is 23.1. The summed E-state index contributed by atoms with van der Waals surface area (Å²) in [6, 6.07) is 1.39. The Balaban J connectivity index is 1.96.